The van der Waals surface area contributed by atoms with Gasteiger partial charge in [0.25, 0.3) is 11.8 Å². The molecule has 1 fully saturated rings. The molecular weight excluding hydrogens is 474 g/mol. The van der Waals surface area contributed by atoms with Crippen LogP contribution >= 0.6 is 11.8 Å². The summed E-state index contributed by atoms with van der Waals surface area (Å²) in [4.78, 5) is 51.6. The normalized spacial score (nSPS) is 20.9. The maximum absolute atomic E-state index is 13.3. The average Bonchev–Trinajstić information content (AvgIpc) is 2.85. The van der Waals surface area contributed by atoms with Gasteiger partial charge < -0.3 is 26.0 Å². The Morgan fingerprint density at radius 1 is 1.06 bits per heavy atom. The number of carboxylic acid groups (broad SMARTS) is 1. The van der Waals surface area contributed by atoms with Crippen LogP contribution in [0.1, 0.15) is 30.2 Å². The molecule has 0 bridgehead atoms. The van der Waals surface area contributed by atoms with Gasteiger partial charge in [-0.15, -0.1) is 11.8 Å². The lowest BCUT2D eigenvalue weighted by molar-refractivity contribution is -0.151. The molecule has 2 aromatic carbocycles. The molecule has 2 aliphatic heterocycles. The average molecular weight is 498 g/mol. The number of aromatic hydroxyl groups is 1. The van der Waals surface area contributed by atoms with E-state index in [-0.39, 0.29) is 17.0 Å². The molecule has 0 aliphatic carbocycles. The Morgan fingerprint density at radius 2 is 1.71 bits per heavy atom. The number of phenolic OH excluding ortho intramolecular Hbond substituents is 1. The number of phenols is 1. The first-order valence-electron chi connectivity index (χ1n) is 10.7. The first kappa shape index (κ1) is 24.3. The number of carbonyl (C=O) groups excluding carboxylic acids is 3. The van der Waals surface area contributed by atoms with Crippen molar-refractivity contribution >= 4 is 35.5 Å². The number of nitrogens with zero attached hydrogens (tertiary/aromatic N) is 1. The van der Waals surface area contributed by atoms with E-state index >= 15 is 0 Å². The van der Waals surface area contributed by atoms with Crippen molar-refractivity contribution in [1.82, 2.24) is 15.5 Å². The summed E-state index contributed by atoms with van der Waals surface area (Å²) in [6.07, 6.45) is -1.57. The van der Waals surface area contributed by atoms with Crippen LogP contribution in [-0.4, -0.2) is 61.1 Å². The largest absolute Gasteiger partial charge is 0.508 e. The van der Waals surface area contributed by atoms with Crippen LogP contribution in [0.3, 0.4) is 0 Å². The highest BCUT2D eigenvalue weighted by Gasteiger charge is 2.54. The van der Waals surface area contributed by atoms with Gasteiger partial charge in [-0.2, -0.15) is 0 Å². The second-order valence-electron chi connectivity index (χ2n) is 8.14. The van der Waals surface area contributed by atoms with Crippen molar-refractivity contribution in [2.75, 3.05) is 5.75 Å². The van der Waals surface area contributed by atoms with Crippen LogP contribution in [0.5, 0.6) is 5.75 Å². The molecule has 1 saturated heterocycles. The predicted molar refractivity (Wildman–Crippen MR) is 126 cm³/mol. The van der Waals surface area contributed by atoms with Gasteiger partial charge >= 0.3 is 5.97 Å². The Morgan fingerprint density at radius 3 is 2.37 bits per heavy atom. The number of hydrogen-bond acceptors (Lipinski definition) is 7. The number of carboxylic acids is 1. The van der Waals surface area contributed by atoms with E-state index in [9.17, 15) is 34.5 Å². The van der Waals surface area contributed by atoms with Crippen LogP contribution in [0.15, 0.2) is 65.9 Å². The number of aliphatic hydroxyl groups excluding tert-OH is 1. The summed E-state index contributed by atoms with van der Waals surface area (Å²) in [6, 6.07) is 11.6. The molecule has 2 aromatic rings. The fourth-order valence-electron chi connectivity index (χ4n) is 4.04. The first-order chi connectivity index (χ1) is 16.7. The SMILES string of the molecule is CC1=C(C(=O)O)N2C(=O)C(NC(=O)C(NC(=O)C(O)c3ccccc3)c3ccccc3O)[C@@H]2SC1. The molecule has 4 atom stereocenters. The first-order valence-corrected chi connectivity index (χ1v) is 11.7. The van der Waals surface area contributed by atoms with Gasteiger partial charge in [0, 0.05) is 11.3 Å². The van der Waals surface area contributed by atoms with Gasteiger partial charge in [-0.3, -0.25) is 19.3 Å². The van der Waals surface area contributed by atoms with Crippen LogP contribution in [0.25, 0.3) is 0 Å². The van der Waals surface area contributed by atoms with Crippen LogP contribution < -0.4 is 10.6 Å². The molecule has 11 heteroatoms. The maximum atomic E-state index is 13.3. The highest BCUT2D eigenvalue weighted by Crippen LogP contribution is 2.40. The number of rotatable bonds is 7. The van der Waals surface area contributed by atoms with E-state index in [1.54, 1.807) is 49.4 Å². The number of amides is 3. The van der Waals surface area contributed by atoms with E-state index in [2.05, 4.69) is 10.6 Å². The van der Waals surface area contributed by atoms with Crippen molar-refractivity contribution in [3.63, 3.8) is 0 Å². The standard InChI is InChI=1S/C24H23N3O7S/c1-12-11-35-23-17(22(32)27(23)18(12)24(33)34)26-20(30)16(14-9-5-6-10-15(14)28)25-21(31)19(29)13-7-3-2-4-8-13/h2-10,16-17,19,23,28-29H,11H2,1H3,(H,25,31)(H,26,30)(H,33,34)/t16?,17?,19?,23-/m0/s1. The summed E-state index contributed by atoms with van der Waals surface area (Å²) in [5.74, 6) is -3.35. The summed E-state index contributed by atoms with van der Waals surface area (Å²) in [5, 5.41) is 34.7. The molecule has 3 unspecified atom stereocenters. The molecule has 2 heterocycles. The summed E-state index contributed by atoms with van der Waals surface area (Å²) >= 11 is 1.32. The lowest BCUT2D eigenvalue weighted by Gasteiger charge is -2.49. The van der Waals surface area contributed by atoms with E-state index < -0.39 is 47.3 Å². The van der Waals surface area contributed by atoms with Crippen LogP contribution in [0.2, 0.25) is 0 Å². The monoisotopic (exact) mass is 497 g/mol. The van der Waals surface area contributed by atoms with Crippen LogP contribution in [0.4, 0.5) is 0 Å². The maximum Gasteiger partial charge on any atom is 0.352 e. The molecule has 0 radical (unpaired) electrons. The zero-order valence-corrected chi connectivity index (χ0v) is 19.4. The van der Waals surface area contributed by atoms with Crippen molar-refractivity contribution in [2.45, 2.75) is 30.5 Å². The minimum absolute atomic E-state index is 0.0699. The molecule has 35 heavy (non-hydrogen) atoms. The van der Waals surface area contributed by atoms with E-state index in [0.717, 1.165) is 4.90 Å². The summed E-state index contributed by atoms with van der Waals surface area (Å²) < 4.78 is 0. The number of aliphatic carboxylic acids is 1. The molecule has 5 N–H and O–H groups in total. The van der Waals surface area contributed by atoms with Crippen molar-refractivity contribution < 1.29 is 34.5 Å². The van der Waals surface area contributed by atoms with Crippen molar-refractivity contribution in [3.8, 4) is 5.75 Å². The number of fused-ring (bicyclic) bond motifs is 1. The molecule has 0 aromatic heterocycles. The van der Waals surface area contributed by atoms with Crippen molar-refractivity contribution in [1.29, 1.82) is 0 Å². The fourth-order valence-corrected chi connectivity index (χ4v) is 5.33. The zero-order chi connectivity index (χ0) is 25.3. The number of hydrogen-bond donors (Lipinski definition) is 5. The van der Waals surface area contributed by atoms with Crippen molar-refractivity contribution in [3.05, 3.63) is 77.0 Å². The Hall–Kier alpha value is -3.83. The third kappa shape index (κ3) is 4.60. The minimum atomic E-state index is -1.57. The van der Waals surface area contributed by atoms with Gasteiger partial charge in [-0.25, -0.2) is 4.79 Å². The summed E-state index contributed by atoms with van der Waals surface area (Å²) in [7, 11) is 0. The quantitative estimate of drug-likeness (QED) is 0.355. The third-order valence-corrected chi connectivity index (χ3v) is 7.24. The lowest BCUT2D eigenvalue weighted by atomic mass is 10.00. The molecule has 4 rings (SSSR count). The predicted octanol–water partition coefficient (Wildman–Crippen LogP) is 1.04. The number of thioether (sulfide) groups is 1. The Bertz CT molecular complexity index is 1220. The molecule has 10 nitrogen and oxygen atoms in total. The zero-order valence-electron chi connectivity index (χ0n) is 18.5. The van der Waals surface area contributed by atoms with Crippen molar-refractivity contribution in [2.24, 2.45) is 0 Å². The Balaban J connectivity index is 1.55. The Labute approximate surface area is 204 Å². The number of carbonyl (C=O) groups is 4. The summed E-state index contributed by atoms with van der Waals surface area (Å²) in [6.45, 7) is 1.63. The van der Waals surface area contributed by atoms with E-state index in [0.29, 0.717) is 16.9 Å². The number of β-lactam (4-membered cyclic amide) rings is 1. The topological polar surface area (TPSA) is 156 Å². The lowest BCUT2D eigenvalue weighted by Crippen LogP contribution is -2.71. The highest BCUT2D eigenvalue weighted by molar-refractivity contribution is 8.00. The van der Waals surface area contributed by atoms with Gasteiger partial charge in [-0.05, 0) is 24.1 Å². The minimum Gasteiger partial charge on any atom is -0.508 e. The summed E-state index contributed by atoms with van der Waals surface area (Å²) in [5.41, 5.74) is 0.834. The second-order valence-corrected chi connectivity index (χ2v) is 9.25. The second kappa shape index (κ2) is 9.80. The van der Waals surface area contributed by atoms with Gasteiger partial charge in [0.1, 0.15) is 28.9 Å². The highest BCUT2D eigenvalue weighted by atomic mass is 32.2. The van der Waals surface area contributed by atoms with Gasteiger partial charge in [-0.1, -0.05) is 48.5 Å². The van der Waals surface area contributed by atoms with E-state index in [4.69, 9.17) is 0 Å². The number of nitrogens with one attached hydrogen (secondary N) is 2. The third-order valence-electron chi connectivity index (χ3n) is 5.82. The molecule has 0 saturated carbocycles. The van der Waals surface area contributed by atoms with Gasteiger partial charge in [0.05, 0.1) is 0 Å². The molecule has 182 valence electrons. The molecule has 2 aliphatic rings. The van der Waals surface area contributed by atoms with E-state index in [1.807, 2.05) is 0 Å². The molecular formula is C24H23N3O7S. The molecule has 3 amide bonds. The molecule has 0 spiro atoms. The Kier molecular flexibility index (Phi) is 6.81. The number of benzene rings is 2. The van der Waals surface area contributed by atoms with Gasteiger partial charge in [0.15, 0.2) is 6.10 Å². The number of para-hydroxylation sites is 1. The van der Waals surface area contributed by atoms with Crippen LogP contribution in [-0.2, 0) is 19.2 Å². The van der Waals surface area contributed by atoms with Crippen LogP contribution in [0, 0.1) is 0 Å². The smallest absolute Gasteiger partial charge is 0.352 e. The van der Waals surface area contributed by atoms with Gasteiger partial charge in [0.2, 0.25) is 5.91 Å². The fraction of sp³-hybridized carbons (Fsp3) is 0.250. The number of aliphatic hydroxyl groups is 1. The van der Waals surface area contributed by atoms with E-state index in [1.165, 1.54) is 23.9 Å².